The van der Waals surface area contributed by atoms with Gasteiger partial charge in [-0.05, 0) is 48.5 Å². The van der Waals surface area contributed by atoms with E-state index in [0.717, 1.165) is 4.90 Å². The van der Waals surface area contributed by atoms with E-state index in [0.29, 0.717) is 21.2 Å². The first-order chi connectivity index (χ1) is 14.3. The smallest absolute Gasteiger partial charge is 0.337 e. The van der Waals surface area contributed by atoms with Gasteiger partial charge in [0.25, 0.3) is 5.69 Å². The molecule has 0 aliphatic carbocycles. The van der Waals surface area contributed by atoms with Gasteiger partial charge in [0.2, 0.25) is 0 Å². The van der Waals surface area contributed by atoms with Crippen molar-refractivity contribution in [3.63, 3.8) is 0 Å². The maximum atomic E-state index is 11.5. The summed E-state index contributed by atoms with van der Waals surface area (Å²) in [5.74, 6) is -1.16. The number of hydrazone groups is 1. The molecule has 0 heterocycles. The molecule has 152 valence electrons. The molecule has 0 aliphatic rings. The Balaban J connectivity index is 1.77. The maximum absolute atomic E-state index is 11.5. The average molecular weight is 462 g/mol. The Morgan fingerprint density at radius 1 is 1.10 bits per heavy atom. The lowest BCUT2D eigenvalue weighted by Crippen LogP contribution is -1.99. The van der Waals surface area contributed by atoms with Gasteiger partial charge in [-0.3, -0.25) is 15.5 Å². The number of hydrogen-bond donors (Lipinski definition) is 2. The molecule has 3 aromatic carbocycles. The van der Waals surface area contributed by atoms with E-state index in [1.54, 1.807) is 42.5 Å². The minimum absolute atomic E-state index is 0.0569. The van der Waals surface area contributed by atoms with Crippen LogP contribution in [0.15, 0.2) is 75.6 Å². The quantitative estimate of drug-likeness (QED) is 0.246. The zero-order valence-corrected chi connectivity index (χ0v) is 17.4. The largest absolute Gasteiger partial charge is 0.478 e. The number of aromatic carboxylic acids is 1. The maximum Gasteiger partial charge on any atom is 0.337 e. The monoisotopic (exact) mass is 461 g/mol. The van der Waals surface area contributed by atoms with Gasteiger partial charge in [0.05, 0.1) is 32.3 Å². The molecule has 0 fully saturated rings. The van der Waals surface area contributed by atoms with Gasteiger partial charge in [-0.15, -0.1) is 0 Å². The third-order valence-electron chi connectivity index (χ3n) is 3.83. The number of rotatable bonds is 7. The molecule has 7 nitrogen and oxygen atoms in total. The van der Waals surface area contributed by atoms with Gasteiger partial charge in [-0.1, -0.05) is 41.0 Å². The number of anilines is 1. The van der Waals surface area contributed by atoms with Gasteiger partial charge in [0, 0.05) is 21.5 Å². The van der Waals surface area contributed by atoms with Gasteiger partial charge >= 0.3 is 5.97 Å². The Kier molecular flexibility index (Phi) is 6.94. The zero-order valence-electron chi connectivity index (χ0n) is 15.1. The Bertz CT molecular complexity index is 1140. The highest BCUT2D eigenvalue weighted by atomic mass is 35.5. The van der Waals surface area contributed by atoms with E-state index in [2.05, 4.69) is 10.5 Å². The van der Waals surface area contributed by atoms with Crippen molar-refractivity contribution in [3.8, 4) is 0 Å². The number of carboxylic acid groups (broad SMARTS) is 1. The number of nitro benzene ring substituents is 1. The molecule has 3 aromatic rings. The number of hydrogen-bond acceptors (Lipinski definition) is 6. The summed E-state index contributed by atoms with van der Waals surface area (Å²) in [5.41, 5.74) is 3.48. The Morgan fingerprint density at radius 2 is 1.83 bits per heavy atom. The molecule has 0 saturated heterocycles. The van der Waals surface area contributed by atoms with Crippen molar-refractivity contribution in [1.29, 1.82) is 0 Å². The van der Waals surface area contributed by atoms with Crippen molar-refractivity contribution in [2.45, 2.75) is 9.79 Å². The Morgan fingerprint density at radius 3 is 2.50 bits per heavy atom. The van der Waals surface area contributed by atoms with Crippen molar-refractivity contribution in [1.82, 2.24) is 0 Å². The second-order valence-electron chi connectivity index (χ2n) is 5.91. The molecule has 0 amide bonds. The van der Waals surface area contributed by atoms with E-state index in [-0.39, 0.29) is 16.3 Å². The van der Waals surface area contributed by atoms with Crippen molar-refractivity contribution in [2.24, 2.45) is 5.10 Å². The molecule has 0 spiro atoms. The van der Waals surface area contributed by atoms with Crippen LogP contribution in [0, 0.1) is 10.1 Å². The third-order valence-corrected chi connectivity index (χ3v) is 5.48. The molecule has 3 rings (SSSR count). The lowest BCUT2D eigenvalue weighted by atomic mass is 10.2. The molecule has 0 bridgehead atoms. The third kappa shape index (κ3) is 5.50. The Hall–Kier alpha value is -3.07. The second-order valence-corrected chi connectivity index (χ2v) is 7.87. The lowest BCUT2D eigenvalue weighted by Gasteiger charge is -2.05. The first-order valence-electron chi connectivity index (χ1n) is 8.37. The minimum atomic E-state index is -1.16. The molecule has 0 atom stereocenters. The summed E-state index contributed by atoms with van der Waals surface area (Å²) < 4.78 is 0. The fourth-order valence-electron chi connectivity index (χ4n) is 2.41. The number of halogens is 2. The minimum Gasteiger partial charge on any atom is -0.478 e. The first-order valence-corrected chi connectivity index (χ1v) is 9.94. The highest BCUT2D eigenvalue weighted by molar-refractivity contribution is 7.99. The molecule has 10 heteroatoms. The van der Waals surface area contributed by atoms with Crippen molar-refractivity contribution in [3.05, 3.63) is 92.0 Å². The highest BCUT2D eigenvalue weighted by Crippen LogP contribution is 2.35. The fourth-order valence-corrected chi connectivity index (χ4v) is 3.64. The highest BCUT2D eigenvalue weighted by Gasteiger charge is 2.15. The van der Waals surface area contributed by atoms with Crippen molar-refractivity contribution < 1.29 is 14.8 Å². The van der Waals surface area contributed by atoms with E-state index in [9.17, 15) is 14.9 Å². The summed E-state index contributed by atoms with van der Waals surface area (Å²) in [6.45, 7) is 0. The van der Waals surface area contributed by atoms with Crippen molar-refractivity contribution >= 4 is 58.5 Å². The van der Waals surface area contributed by atoms with E-state index in [4.69, 9.17) is 28.3 Å². The normalized spacial score (nSPS) is 10.9. The van der Waals surface area contributed by atoms with Gasteiger partial charge in [-0.25, -0.2) is 4.79 Å². The van der Waals surface area contributed by atoms with E-state index in [1.165, 1.54) is 36.2 Å². The summed E-state index contributed by atoms with van der Waals surface area (Å²) in [4.78, 5) is 23.5. The second kappa shape index (κ2) is 9.62. The molecular weight excluding hydrogens is 449 g/mol. The molecule has 2 N–H and O–H groups in total. The Labute approximate surface area is 185 Å². The average Bonchev–Trinajstić information content (AvgIpc) is 2.71. The molecule has 30 heavy (non-hydrogen) atoms. The molecular formula is C20H13Cl2N3O4S. The van der Waals surface area contributed by atoms with Crippen LogP contribution in [0.3, 0.4) is 0 Å². The number of carbonyl (C=O) groups is 1. The van der Waals surface area contributed by atoms with Gasteiger partial charge in [0.15, 0.2) is 0 Å². The molecule has 0 radical (unpaired) electrons. The summed E-state index contributed by atoms with van der Waals surface area (Å²) >= 11 is 13.0. The number of carboxylic acids is 1. The predicted molar refractivity (Wildman–Crippen MR) is 118 cm³/mol. The summed E-state index contributed by atoms with van der Waals surface area (Å²) in [6, 6.07) is 16.1. The standard InChI is InChI=1S/C20H13Cl2N3O4S/c21-13-2-5-15(6-3-13)30-19-8-1-12(9-18(19)25(28)29)11-23-24-14-4-7-17(22)16(10-14)20(26)27/h1-11,24H,(H,26,27). The lowest BCUT2D eigenvalue weighted by molar-refractivity contribution is -0.387. The summed E-state index contributed by atoms with van der Waals surface area (Å²) in [7, 11) is 0. The van der Waals surface area contributed by atoms with Crippen LogP contribution >= 0.6 is 35.0 Å². The molecule has 0 saturated carbocycles. The van der Waals surface area contributed by atoms with Crippen LogP contribution in [0.4, 0.5) is 11.4 Å². The first kappa shape index (κ1) is 21.6. The van der Waals surface area contributed by atoms with Crippen LogP contribution in [0.25, 0.3) is 0 Å². The SMILES string of the molecule is O=C(O)c1cc(NN=Cc2ccc(Sc3ccc(Cl)cc3)c([N+](=O)[O-])c2)ccc1Cl. The van der Waals surface area contributed by atoms with E-state index in [1.807, 2.05) is 0 Å². The number of benzene rings is 3. The van der Waals surface area contributed by atoms with Crippen LogP contribution in [-0.2, 0) is 0 Å². The summed E-state index contributed by atoms with van der Waals surface area (Å²) in [5, 5.41) is 25.3. The van der Waals surface area contributed by atoms with Crippen LogP contribution in [0.2, 0.25) is 10.0 Å². The van der Waals surface area contributed by atoms with Crippen LogP contribution in [-0.4, -0.2) is 22.2 Å². The summed E-state index contributed by atoms with van der Waals surface area (Å²) in [6.07, 6.45) is 1.40. The molecule has 0 aliphatic heterocycles. The zero-order chi connectivity index (χ0) is 21.7. The number of nitrogens with one attached hydrogen (secondary N) is 1. The predicted octanol–water partition coefficient (Wildman–Crippen LogP) is 6.20. The fraction of sp³-hybridized carbons (Fsp3) is 0. The van der Waals surface area contributed by atoms with Crippen molar-refractivity contribution in [2.75, 3.05) is 5.43 Å². The van der Waals surface area contributed by atoms with Gasteiger partial charge < -0.3 is 5.11 Å². The molecule has 0 aromatic heterocycles. The van der Waals surface area contributed by atoms with Crippen LogP contribution < -0.4 is 5.43 Å². The van der Waals surface area contributed by atoms with Gasteiger partial charge in [-0.2, -0.15) is 5.10 Å². The van der Waals surface area contributed by atoms with Crippen LogP contribution in [0.5, 0.6) is 0 Å². The van der Waals surface area contributed by atoms with Crippen LogP contribution in [0.1, 0.15) is 15.9 Å². The molecule has 0 unspecified atom stereocenters. The number of nitrogens with zero attached hydrogens (tertiary/aromatic N) is 2. The topological polar surface area (TPSA) is 105 Å². The number of nitro groups is 1. The van der Waals surface area contributed by atoms with E-state index >= 15 is 0 Å². The van der Waals surface area contributed by atoms with E-state index < -0.39 is 10.9 Å². The van der Waals surface area contributed by atoms with Gasteiger partial charge in [0.1, 0.15) is 0 Å².